The van der Waals surface area contributed by atoms with Gasteiger partial charge in [0.25, 0.3) is 0 Å². The lowest BCUT2D eigenvalue weighted by Gasteiger charge is -2.05. The van der Waals surface area contributed by atoms with Crippen LogP contribution in [0.3, 0.4) is 0 Å². The van der Waals surface area contributed by atoms with Crippen LogP contribution >= 0.6 is 0 Å². The number of pyridine rings is 1. The predicted molar refractivity (Wildman–Crippen MR) is 95.1 cm³/mol. The lowest BCUT2D eigenvalue weighted by molar-refractivity contribution is 0.598. The Morgan fingerprint density at radius 3 is 2.58 bits per heavy atom. The molecule has 0 aliphatic carbocycles. The number of sulfonamides is 1. The molecule has 0 aliphatic heterocycles. The van der Waals surface area contributed by atoms with E-state index in [1.54, 1.807) is 18.3 Å². The van der Waals surface area contributed by atoms with E-state index in [1.807, 2.05) is 31.2 Å². The molecule has 24 heavy (non-hydrogen) atoms. The summed E-state index contributed by atoms with van der Waals surface area (Å²) in [5.74, 6) is 0. The molecule has 2 aromatic carbocycles. The smallest absolute Gasteiger partial charge is 0.238 e. The molecule has 0 saturated carbocycles. The van der Waals surface area contributed by atoms with Gasteiger partial charge in [0, 0.05) is 22.5 Å². The van der Waals surface area contributed by atoms with Gasteiger partial charge in [-0.3, -0.25) is 4.98 Å². The number of aromatic nitrogens is 2. The van der Waals surface area contributed by atoms with E-state index in [-0.39, 0.29) is 4.90 Å². The van der Waals surface area contributed by atoms with E-state index in [0.29, 0.717) is 0 Å². The van der Waals surface area contributed by atoms with Crippen molar-refractivity contribution in [1.82, 2.24) is 9.97 Å². The van der Waals surface area contributed by atoms with Gasteiger partial charge in [-0.25, -0.2) is 13.6 Å². The van der Waals surface area contributed by atoms with Gasteiger partial charge in [0.05, 0.1) is 16.1 Å². The molecular weight excluding hydrogens is 322 g/mol. The highest BCUT2D eigenvalue weighted by Crippen LogP contribution is 2.31. The molecule has 4 aromatic rings. The monoisotopic (exact) mass is 337 g/mol. The first-order chi connectivity index (χ1) is 11.4. The van der Waals surface area contributed by atoms with E-state index in [2.05, 4.69) is 16.0 Å². The van der Waals surface area contributed by atoms with Crippen molar-refractivity contribution in [3.8, 4) is 11.1 Å². The van der Waals surface area contributed by atoms with Crippen molar-refractivity contribution in [3.63, 3.8) is 0 Å². The van der Waals surface area contributed by atoms with Crippen molar-refractivity contribution in [2.24, 2.45) is 5.14 Å². The summed E-state index contributed by atoms with van der Waals surface area (Å²) in [6.07, 6.45) is 1.79. The molecule has 0 saturated heterocycles. The van der Waals surface area contributed by atoms with Crippen LogP contribution in [0.15, 0.2) is 59.6 Å². The minimum atomic E-state index is -3.72. The number of hydrogen-bond donors (Lipinski definition) is 2. The number of fused-ring (bicyclic) bond motifs is 3. The largest absolute Gasteiger partial charge is 0.353 e. The fraction of sp³-hybridized carbons (Fsp3) is 0.0556. The Labute approximate surface area is 139 Å². The maximum absolute atomic E-state index is 11.6. The summed E-state index contributed by atoms with van der Waals surface area (Å²) in [5, 5.41) is 7.41. The van der Waals surface area contributed by atoms with Crippen LogP contribution in [0.1, 0.15) is 5.69 Å². The van der Waals surface area contributed by atoms with Gasteiger partial charge < -0.3 is 4.98 Å². The van der Waals surface area contributed by atoms with Crippen LogP contribution in [0, 0.1) is 6.92 Å². The standard InChI is InChI=1S/C18H15N3O2S/c1-11-18-15(7-8-20-11)16-10-13(5-6-17(16)21-18)12-3-2-4-14(9-12)24(19,22)23/h2-10,21H,1H3,(H2,19,22,23). The third-order valence-electron chi connectivity index (χ3n) is 4.21. The van der Waals surface area contributed by atoms with Gasteiger partial charge >= 0.3 is 0 Å². The van der Waals surface area contributed by atoms with Gasteiger partial charge in [-0.2, -0.15) is 0 Å². The molecule has 0 fully saturated rings. The van der Waals surface area contributed by atoms with Crippen molar-refractivity contribution in [2.75, 3.05) is 0 Å². The van der Waals surface area contributed by atoms with Crippen LogP contribution < -0.4 is 5.14 Å². The number of nitrogens with two attached hydrogens (primary N) is 1. The van der Waals surface area contributed by atoms with E-state index in [9.17, 15) is 8.42 Å². The topological polar surface area (TPSA) is 88.8 Å². The van der Waals surface area contributed by atoms with Crippen LogP contribution in [0.25, 0.3) is 32.9 Å². The molecule has 120 valence electrons. The summed E-state index contributed by atoms with van der Waals surface area (Å²) in [7, 11) is -3.72. The number of aryl methyl sites for hydroxylation is 1. The highest BCUT2D eigenvalue weighted by molar-refractivity contribution is 7.89. The Hall–Kier alpha value is -2.70. The normalized spacial score (nSPS) is 12.1. The lowest BCUT2D eigenvalue weighted by atomic mass is 10.0. The number of nitrogens with one attached hydrogen (secondary N) is 1. The zero-order chi connectivity index (χ0) is 16.9. The third-order valence-corrected chi connectivity index (χ3v) is 5.12. The van der Waals surface area contributed by atoms with Crippen molar-refractivity contribution in [1.29, 1.82) is 0 Å². The number of primary sulfonamides is 1. The van der Waals surface area contributed by atoms with Gasteiger partial charge in [0.15, 0.2) is 0 Å². The molecule has 0 amide bonds. The Morgan fingerprint density at radius 1 is 1.00 bits per heavy atom. The molecular formula is C18H15N3O2S. The van der Waals surface area contributed by atoms with Gasteiger partial charge in [-0.1, -0.05) is 18.2 Å². The third kappa shape index (κ3) is 2.36. The second-order valence-electron chi connectivity index (χ2n) is 5.78. The first kappa shape index (κ1) is 14.9. The Bertz CT molecular complexity index is 1190. The van der Waals surface area contributed by atoms with E-state index >= 15 is 0 Å². The summed E-state index contributed by atoms with van der Waals surface area (Å²) in [6.45, 7) is 1.97. The first-order valence-electron chi connectivity index (χ1n) is 7.44. The van der Waals surface area contributed by atoms with Gasteiger partial charge in [-0.15, -0.1) is 0 Å². The highest BCUT2D eigenvalue weighted by Gasteiger charge is 2.11. The minimum Gasteiger partial charge on any atom is -0.353 e. The maximum Gasteiger partial charge on any atom is 0.238 e. The fourth-order valence-corrected chi connectivity index (χ4v) is 3.55. The van der Waals surface area contributed by atoms with E-state index in [0.717, 1.165) is 38.6 Å². The quantitative estimate of drug-likeness (QED) is 0.588. The molecule has 2 heterocycles. The summed E-state index contributed by atoms with van der Waals surface area (Å²) in [5.41, 5.74) is 4.73. The molecule has 0 aliphatic rings. The number of benzene rings is 2. The molecule has 0 radical (unpaired) electrons. The van der Waals surface area contributed by atoms with Crippen LogP contribution in [0.5, 0.6) is 0 Å². The Kier molecular flexibility index (Phi) is 3.19. The van der Waals surface area contributed by atoms with Crippen LogP contribution in [-0.4, -0.2) is 18.4 Å². The molecule has 3 N–H and O–H groups in total. The van der Waals surface area contributed by atoms with E-state index in [1.165, 1.54) is 6.07 Å². The second-order valence-corrected chi connectivity index (χ2v) is 7.34. The zero-order valence-electron chi connectivity index (χ0n) is 12.9. The Morgan fingerprint density at radius 2 is 1.79 bits per heavy atom. The summed E-state index contributed by atoms with van der Waals surface area (Å²) >= 11 is 0. The van der Waals surface area contributed by atoms with Crippen LogP contribution in [0.2, 0.25) is 0 Å². The molecule has 0 spiro atoms. The summed E-state index contributed by atoms with van der Waals surface area (Å²) < 4.78 is 23.1. The second kappa shape index (κ2) is 5.15. The average molecular weight is 337 g/mol. The minimum absolute atomic E-state index is 0.110. The average Bonchev–Trinajstić information content (AvgIpc) is 2.94. The molecule has 5 nitrogen and oxygen atoms in total. The number of nitrogens with zero attached hydrogens (tertiary/aromatic N) is 1. The zero-order valence-corrected chi connectivity index (χ0v) is 13.8. The molecule has 0 unspecified atom stereocenters. The van der Waals surface area contributed by atoms with E-state index in [4.69, 9.17) is 5.14 Å². The lowest BCUT2D eigenvalue weighted by Crippen LogP contribution is -2.11. The summed E-state index contributed by atoms with van der Waals surface area (Å²) in [6, 6.07) is 14.6. The fourth-order valence-electron chi connectivity index (χ4n) is 2.99. The van der Waals surface area contributed by atoms with E-state index < -0.39 is 10.0 Å². The highest BCUT2D eigenvalue weighted by atomic mass is 32.2. The van der Waals surface area contributed by atoms with Gasteiger partial charge in [0.1, 0.15) is 0 Å². The summed E-state index contributed by atoms with van der Waals surface area (Å²) in [4.78, 5) is 7.80. The van der Waals surface area contributed by atoms with Gasteiger partial charge in [-0.05, 0) is 48.4 Å². The van der Waals surface area contributed by atoms with Crippen LogP contribution in [0.4, 0.5) is 0 Å². The molecule has 4 rings (SSSR count). The Balaban J connectivity index is 1.95. The number of hydrogen-bond acceptors (Lipinski definition) is 3. The maximum atomic E-state index is 11.6. The van der Waals surface area contributed by atoms with Crippen molar-refractivity contribution < 1.29 is 8.42 Å². The van der Waals surface area contributed by atoms with Gasteiger partial charge in [0.2, 0.25) is 10.0 Å². The number of rotatable bonds is 2. The van der Waals surface area contributed by atoms with Crippen molar-refractivity contribution in [3.05, 3.63) is 60.4 Å². The molecule has 2 aromatic heterocycles. The predicted octanol–water partition coefficient (Wildman–Crippen LogP) is 3.34. The number of aromatic amines is 1. The number of H-pyrrole nitrogens is 1. The SMILES string of the molecule is Cc1nccc2c1[nH]c1ccc(-c3cccc(S(N)(=O)=O)c3)cc12. The van der Waals surface area contributed by atoms with Crippen LogP contribution in [-0.2, 0) is 10.0 Å². The first-order valence-corrected chi connectivity index (χ1v) is 8.98. The molecule has 0 bridgehead atoms. The molecule has 0 atom stereocenters. The van der Waals surface area contributed by atoms with Crippen molar-refractivity contribution in [2.45, 2.75) is 11.8 Å². The van der Waals surface area contributed by atoms with Crippen molar-refractivity contribution >= 4 is 31.8 Å². The molecule has 6 heteroatoms.